The van der Waals surface area contributed by atoms with Gasteiger partial charge >= 0.3 is 0 Å². The number of nitrogens with one attached hydrogen (secondary N) is 1. The van der Waals surface area contributed by atoms with Gasteiger partial charge in [0.25, 0.3) is 0 Å². The second-order valence-electron chi connectivity index (χ2n) is 3.80. The van der Waals surface area contributed by atoms with Gasteiger partial charge in [-0.15, -0.1) is 0 Å². The first kappa shape index (κ1) is 9.16. The van der Waals surface area contributed by atoms with Gasteiger partial charge in [0.1, 0.15) is 5.82 Å². The molecule has 2 nitrogen and oxygen atoms in total. The lowest BCUT2D eigenvalue weighted by Crippen LogP contribution is -1.92. The zero-order valence-corrected chi connectivity index (χ0v) is 9.07. The first-order chi connectivity index (χ1) is 7.88. The summed E-state index contributed by atoms with van der Waals surface area (Å²) < 4.78 is 0. The molecule has 0 aliphatic carbocycles. The van der Waals surface area contributed by atoms with Crippen molar-refractivity contribution in [1.82, 2.24) is 4.98 Å². The van der Waals surface area contributed by atoms with Crippen LogP contribution in [0.2, 0.25) is 0 Å². The van der Waals surface area contributed by atoms with Crippen molar-refractivity contribution in [3.8, 4) is 0 Å². The van der Waals surface area contributed by atoms with Crippen LogP contribution < -0.4 is 5.32 Å². The third-order valence-electron chi connectivity index (χ3n) is 2.84. The van der Waals surface area contributed by atoms with Crippen molar-refractivity contribution in [3.05, 3.63) is 48.5 Å². The topological polar surface area (TPSA) is 24.9 Å². The Labute approximate surface area is 93.9 Å². The maximum atomic E-state index is 4.61. The Bertz CT molecular complexity index is 659. The second kappa shape index (κ2) is 3.49. The Morgan fingerprint density at radius 3 is 2.50 bits per heavy atom. The van der Waals surface area contributed by atoms with Crippen LogP contribution in [0.4, 0.5) is 5.82 Å². The molecule has 0 aliphatic rings. The van der Waals surface area contributed by atoms with E-state index < -0.39 is 0 Å². The van der Waals surface area contributed by atoms with E-state index in [9.17, 15) is 0 Å². The van der Waals surface area contributed by atoms with E-state index in [2.05, 4.69) is 52.8 Å². The van der Waals surface area contributed by atoms with Crippen LogP contribution in [-0.2, 0) is 0 Å². The van der Waals surface area contributed by atoms with Crippen LogP contribution >= 0.6 is 0 Å². The molecule has 0 saturated heterocycles. The highest BCUT2D eigenvalue weighted by Gasteiger charge is 2.01. The minimum atomic E-state index is 0.906. The summed E-state index contributed by atoms with van der Waals surface area (Å²) in [6.07, 6.45) is 0. The number of aromatic nitrogens is 1. The minimum Gasteiger partial charge on any atom is -0.373 e. The number of rotatable bonds is 1. The first-order valence-corrected chi connectivity index (χ1v) is 5.35. The van der Waals surface area contributed by atoms with E-state index in [0.29, 0.717) is 0 Å². The van der Waals surface area contributed by atoms with Gasteiger partial charge < -0.3 is 5.32 Å². The predicted molar refractivity (Wildman–Crippen MR) is 68.8 cm³/mol. The number of hydrogen-bond donors (Lipinski definition) is 1. The van der Waals surface area contributed by atoms with Gasteiger partial charge in [-0.25, -0.2) is 4.98 Å². The summed E-state index contributed by atoms with van der Waals surface area (Å²) in [4.78, 5) is 4.61. The molecule has 0 aliphatic heterocycles. The van der Waals surface area contributed by atoms with E-state index in [1.807, 2.05) is 13.1 Å². The smallest absolute Gasteiger partial charge is 0.126 e. The molecule has 2 heteroatoms. The molecule has 0 fully saturated rings. The van der Waals surface area contributed by atoms with Gasteiger partial charge in [-0.3, -0.25) is 0 Å². The maximum absolute atomic E-state index is 4.61. The Balaban J connectivity index is 2.47. The number of anilines is 1. The fourth-order valence-corrected chi connectivity index (χ4v) is 2.00. The second-order valence-corrected chi connectivity index (χ2v) is 3.80. The molecule has 3 rings (SSSR count). The van der Waals surface area contributed by atoms with Crippen LogP contribution in [0.25, 0.3) is 21.7 Å². The van der Waals surface area contributed by atoms with E-state index >= 15 is 0 Å². The lowest BCUT2D eigenvalue weighted by molar-refractivity contribution is 1.35. The number of fused-ring (bicyclic) bond motifs is 3. The van der Waals surface area contributed by atoms with Crippen LogP contribution in [0.3, 0.4) is 0 Å². The zero-order valence-electron chi connectivity index (χ0n) is 9.07. The summed E-state index contributed by atoms with van der Waals surface area (Å²) in [6, 6.07) is 16.7. The van der Waals surface area contributed by atoms with Gasteiger partial charge in [0.15, 0.2) is 0 Å². The van der Waals surface area contributed by atoms with Gasteiger partial charge in [-0.1, -0.05) is 36.4 Å². The molecular weight excluding hydrogens is 196 g/mol. The van der Waals surface area contributed by atoms with Crippen molar-refractivity contribution in [2.45, 2.75) is 0 Å². The Hall–Kier alpha value is -2.09. The molecule has 0 spiro atoms. The van der Waals surface area contributed by atoms with Crippen LogP contribution in [0.1, 0.15) is 0 Å². The molecule has 78 valence electrons. The highest BCUT2D eigenvalue weighted by molar-refractivity contribution is 6.05. The molecule has 1 N–H and O–H groups in total. The molecule has 16 heavy (non-hydrogen) atoms. The number of pyridine rings is 1. The summed E-state index contributed by atoms with van der Waals surface area (Å²) in [7, 11) is 1.89. The molecule has 2 aromatic carbocycles. The van der Waals surface area contributed by atoms with Crippen molar-refractivity contribution < 1.29 is 0 Å². The zero-order chi connectivity index (χ0) is 11.0. The number of nitrogens with zero attached hydrogens (tertiary/aromatic N) is 1. The fourth-order valence-electron chi connectivity index (χ4n) is 2.00. The van der Waals surface area contributed by atoms with Crippen molar-refractivity contribution >= 4 is 27.5 Å². The normalized spacial score (nSPS) is 10.8. The average molecular weight is 208 g/mol. The summed E-state index contributed by atoms with van der Waals surface area (Å²) in [5.41, 5.74) is 1.06. The number of hydrogen-bond acceptors (Lipinski definition) is 2. The van der Waals surface area contributed by atoms with Crippen molar-refractivity contribution in [3.63, 3.8) is 0 Å². The Morgan fingerprint density at radius 2 is 1.62 bits per heavy atom. The predicted octanol–water partition coefficient (Wildman–Crippen LogP) is 3.43. The van der Waals surface area contributed by atoms with Gasteiger partial charge in [0.2, 0.25) is 0 Å². The summed E-state index contributed by atoms with van der Waals surface area (Å²) in [5.74, 6) is 0.906. The largest absolute Gasteiger partial charge is 0.373 e. The Kier molecular flexibility index (Phi) is 2.00. The first-order valence-electron chi connectivity index (χ1n) is 5.35. The molecule has 0 unspecified atom stereocenters. The standard InChI is InChI=1S/C14H12N2/c1-15-13-9-8-11-7-6-10-4-2-3-5-12(10)14(11)16-13/h2-9H,1H3,(H,15,16). The van der Waals surface area contributed by atoms with Crippen LogP contribution in [0.5, 0.6) is 0 Å². The lowest BCUT2D eigenvalue weighted by atomic mass is 10.1. The monoisotopic (exact) mass is 208 g/mol. The molecule has 0 atom stereocenters. The van der Waals surface area contributed by atoms with E-state index in [0.717, 1.165) is 11.3 Å². The fraction of sp³-hybridized carbons (Fsp3) is 0.0714. The molecular formula is C14H12N2. The van der Waals surface area contributed by atoms with Crippen molar-refractivity contribution in [1.29, 1.82) is 0 Å². The van der Waals surface area contributed by atoms with Gasteiger partial charge in [0.05, 0.1) is 5.52 Å². The number of benzene rings is 2. The third kappa shape index (κ3) is 1.31. The SMILES string of the molecule is CNc1ccc2ccc3ccccc3c2n1. The van der Waals surface area contributed by atoms with E-state index in [4.69, 9.17) is 0 Å². The van der Waals surface area contributed by atoms with Crippen molar-refractivity contribution in [2.75, 3.05) is 12.4 Å². The summed E-state index contributed by atoms with van der Waals surface area (Å²) in [5, 5.41) is 6.69. The van der Waals surface area contributed by atoms with Gasteiger partial charge in [-0.2, -0.15) is 0 Å². The molecule has 3 aromatic rings. The third-order valence-corrected chi connectivity index (χ3v) is 2.84. The van der Waals surface area contributed by atoms with E-state index in [1.165, 1.54) is 16.2 Å². The van der Waals surface area contributed by atoms with Crippen LogP contribution in [0, 0.1) is 0 Å². The maximum Gasteiger partial charge on any atom is 0.126 e. The molecule has 1 aromatic heterocycles. The van der Waals surface area contributed by atoms with Crippen molar-refractivity contribution in [2.24, 2.45) is 0 Å². The summed E-state index contributed by atoms with van der Waals surface area (Å²) in [6.45, 7) is 0. The van der Waals surface area contributed by atoms with Gasteiger partial charge in [0, 0.05) is 17.8 Å². The average Bonchev–Trinajstić information content (AvgIpc) is 2.38. The molecule has 1 heterocycles. The molecule has 0 amide bonds. The quantitative estimate of drug-likeness (QED) is 0.620. The highest BCUT2D eigenvalue weighted by Crippen LogP contribution is 2.24. The minimum absolute atomic E-state index is 0.906. The van der Waals surface area contributed by atoms with Gasteiger partial charge in [-0.05, 0) is 17.5 Å². The highest BCUT2D eigenvalue weighted by atomic mass is 15.0. The molecule has 0 saturated carbocycles. The molecule has 0 bridgehead atoms. The van der Waals surface area contributed by atoms with E-state index in [1.54, 1.807) is 0 Å². The summed E-state index contributed by atoms with van der Waals surface area (Å²) >= 11 is 0. The van der Waals surface area contributed by atoms with E-state index in [-0.39, 0.29) is 0 Å². The molecule has 0 radical (unpaired) electrons. The Morgan fingerprint density at radius 1 is 0.875 bits per heavy atom. The lowest BCUT2D eigenvalue weighted by Gasteiger charge is -2.05. The van der Waals surface area contributed by atoms with Crippen LogP contribution in [0.15, 0.2) is 48.5 Å². The van der Waals surface area contributed by atoms with Crippen LogP contribution in [-0.4, -0.2) is 12.0 Å².